The maximum absolute atomic E-state index is 13.6. The van der Waals surface area contributed by atoms with Gasteiger partial charge in [0.05, 0.1) is 17.4 Å². The van der Waals surface area contributed by atoms with E-state index in [0.29, 0.717) is 45.9 Å². The van der Waals surface area contributed by atoms with Crippen molar-refractivity contribution in [3.05, 3.63) is 64.9 Å². The van der Waals surface area contributed by atoms with E-state index in [1.165, 1.54) is 6.07 Å². The SMILES string of the molecule is O=C(NCC1[C@H]2CC(n3cnc4cc(F)c(F)cc43)C[C@@H]12)c1cccc(Cl)c1. The Bertz CT molecular complexity index is 1070. The Labute approximate surface area is 165 Å². The van der Waals surface area contributed by atoms with Gasteiger partial charge < -0.3 is 9.88 Å². The zero-order valence-electron chi connectivity index (χ0n) is 14.9. The predicted octanol–water partition coefficient (Wildman–Crippen LogP) is 4.60. The second-order valence-electron chi connectivity index (χ2n) is 7.74. The minimum absolute atomic E-state index is 0.109. The van der Waals surface area contributed by atoms with Gasteiger partial charge in [0.1, 0.15) is 0 Å². The highest BCUT2D eigenvalue weighted by Crippen LogP contribution is 2.60. The monoisotopic (exact) mass is 401 g/mol. The molecule has 0 spiro atoms. The normalized spacial score (nSPS) is 25.7. The van der Waals surface area contributed by atoms with E-state index >= 15 is 0 Å². The molecule has 28 heavy (non-hydrogen) atoms. The van der Waals surface area contributed by atoms with Gasteiger partial charge in [0.2, 0.25) is 0 Å². The van der Waals surface area contributed by atoms with Crippen molar-refractivity contribution in [3.63, 3.8) is 0 Å². The molecule has 7 heteroatoms. The number of imidazole rings is 1. The third-order valence-corrected chi connectivity index (χ3v) is 6.43. The van der Waals surface area contributed by atoms with Crippen molar-refractivity contribution >= 4 is 28.5 Å². The smallest absolute Gasteiger partial charge is 0.251 e. The number of benzene rings is 2. The first kappa shape index (κ1) is 17.6. The number of nitrogens with zero attached hydrogens (tertiary/aromatic N) is 2. The quantitative estimate of drug-likeness (QED) is 0.694. The third kappa shape index (κ3) is 2.96. The van der Waals surface area contributed by atoms with Crippen molar-refractivity contribution in [2.75, 3.05) is 6.54 Å². The molecule has 2 aromatic carbocycles. The summed E-state index contributed by atoms with van der Waals surface area (Å²) in [6.45, 7) is 0.651. The molecule has 1 N–H and O–H groups in total. The first-order valence-electron chi connectivity index (χ1n) is 9.36. The van der Waals surface area contributed by atoms with Crippen LogP contribution in [0.25, 0.3) is 11.0 Å². The summed E-state index contributed by atoms with van der Waals surface area (Å²) in [5, 5.41) is 3.55. The second kappa shape index (κ2) is 6.55. The average Bonchev–Trinajstić information content (AvgIpc) is 3.00. The highest BCUT2D eigenvalue weighted by Gasteiger charge is 2.56. The minimum atomic E-state index is -0.873. The van der Waals surface area contributed by atoms with Gasteiger partial charge in [-0.25, -0.2) is 13.8 Å². The van der Waals surface area contributed by atoms with E-state index in [2.05, 4.69) is 10.3 Å². The van der Waals surface area contributed by atoms with Crippen LogP contribution < -0.4 is 5.32 Å². The van der Waals surface area contributed by atoms with Crippen LogP contribution in [0, 0.1) is 29.4 Å². The van der Waals surface area contributed by atoms with Crippen molar-refractivity contribution in [1.82, 2.24) is 14.9 Å². The molecule has 4 nitrogen and oxygen atoms in total. The second-order valence-corrected chi connectivity index (χ2v) is 8.18. The lowest BCUT2D eigenvalue weighted by Gasteiger charge is -2.17. The van der Waals surface area contributed by atoms with E-state index in [4.69, 9.17) is 11.6 Å². The van der Waals surface area contributed by atoms with Gasteiger partial charge in [0.25, 0.3) is 5.91 Å². The first-order valence-corrected chi connectivity index (χ1v) is 9.74. The Kier molecular flexibility index (Phi) is 4.12. The Morgan fingerprint density at radius 3 is 2.68 bits per heavy atom. The predicted molar refractivity (Wildman–Crippen MR) is 102 cm³/mol. The van der Waals surface area contributed by atoms with E-state index in [1.807, 2.05) is 4.57 Å². The molecule has 0 bridgehead atoms. The number of carbonyl (C=O) groups is 1. The highest BCUT2D eigenvalue weighted by molar-refractivity contribution is 6.30. The highest BCUT2D eigenvalue weighted by atomic mass is 35.5. The van der Waals surface area contributed by atoms with Gasteiger partial charge >= 0.3 is 0 Å². The van der Waals surface area contributed by atoms with Crippen LogP contribution in [0.2, 0.25) is 5.02 Å². The van der Waals surface area contributed by atoms with E-state index in [0.717, 1.165) is 18.9 Å². The molecule has 3 aromatic rings. The molecule has 1 aromatic heterocycles. The average molecular weight is 402 g/mol. The molecular weight excluding hydrogens is 384 g/mol. The molecule has 0 radical (unpaired) electrons. The topological polar surface area (TPSA) is 46.9 Å². The van der Waals surface area contributed by atoms with E-state index in [9.17, 15) is 13.6 Å². The van der Waals surface area contributed by atoms with Crippen molar-refractivity contribution < 1.29 is 13.6 Å². The van der Waals surface area contributed by atoms with Gasteiger partial charge in [-0.1, -0.05) is 17.7 Å². The minimum Gasteiger partial charge on any atom is -0.352 e. The molecule has 1 amide bonds. The summed E-state index contributed by atoms with van der Waals surface area (Å²) in [7, 11) is 0. The molecule has 4 atom stereocenters. The molecule has 0 saturated heterocycles. The van der Waals surface area contributed by atoms with E-state index in [-0.39, 0.29) is 11.9 Å². The lowest BCUT2D eigenvalue weighted by Crippen LogP contribution is -2.27. The number of fused-ring (bicyclic) bond motifs is 2. The largest absolute Gasteiger partial charge is 0.352 e. The molecule has 1 heterocycles. The van der Waals surface area contributed by atoms with Gasteiger partial charge in [-0.15, -0.1) is 0 Å². The fourth-order valence-corrected chi connectivity index (χ4v) is 4.92. The van der Waals surface area contributed by atoms with Crippen LogP contribution in [0.3, 0.4) is 0 Å². The summed E-state index contributed by atoms with van der Waals surface area (Å²) in [5.74, 6) is -0.258. The molecule has 5 rings (SSSR count). The Balaban J connectivity index is 1.21. The summed E-state index contributed by atoms with van der Waals surface area (Å²) < 4.78 is 29.0. The summed E-state index contributed by atoms with van der Waals surface area (Å²) in [4.78, 5) is 16.5. The Morgan fingerprint density at radius 2 is 1.93 bits per heavy atom. The number of nitrogens with one attached hydrogen (secondary N) is 1. The van der Waals surface area contributed by atoms with E-state index < -0.39 is 11.6 Å². The number of aromatic nitrogens is 2. The van der Waals surface area contributed by atoms with Crippen LogP contribution in [0.4, 0.5) is 8.78 Å². The lowest BCUT2D eigenvalue weighted by molar-refractivity contribution is 0.0950. The van der Waals surface area contributed by atoms with E-state index in [1.54, 1.807) is 30.6 Å². The van der Waals surface area contributed by atoms with Crippen molar-refractivity contribution in [3.8, 4) is 0 Å². The van der Waals surface area contributed by atoms with Crippen LogP contribution in [0.1, 0.15) is 29.2 Å². The number of hydrogen-bond donors (Lipinski definition) is 1. The molecule has 0 aliphatic heterocycles. The van der Waals surface area contributed by atoms with Gasteiger partial charge in [0.15, 0.2) is 11.6 Å². The van der Waals surface area contributed by atoms with Crippen LogP contribution in [-0.4, -0.2) is 22.0 Å². The fourth-order valence-electron chi connectivity index (χ4n) is 4.73. The summed E-state index contributed by atoms with van der Waals surface area (Å²) in [5.41, 5.74) is 1.68. The number of halogens is 3. The maximum atomic E-state index is 13.6. The van der Waals surface area contributed by atoms with Gasteiger partial charge in [-0.05, 0) is 48.8 Å². The fraction of sp³-hybridized carbons (Fsp3) is 0.333. The summed E-state index contributed by atoms with van der Waals surface area (Å²) >= 11 is 5.93. The maximum Gasteiger partial charge on any atom is 0.251 e. The Morgan fingerprint density at radius 1 is 1.18 bits per heavy atom. The number of amides is 1. The van der Waals surface area contributed by atoms with Crippen molar-refractivity contribution in [1.29, 1.82) is 0 Å². The van der Waals surface area contributed by atoms with Gasteiger partial charge in [-0.3, -0.25) is 4.79 Å². The molecule has 2 aliphatic rings. The van der Waals surface area contributed by atoms with Crippen LogP contribution in [0.15, 0.2) is 42.7 Å². The van der Waals surface area contributed by atoms with Gasteiger partial charge in [-0.2, -0.15) is 0 Å². The van der Waals surface area contributed by atoms with Crippen molar-refractivity contribution in [2.45, 2.75) is 18.9 Å². The van der Waals surface area contributed by atoms with Crippen LogP contribution >= 0.6 is 11.6 Å². The van der Waals surface area contributed by atoms with Crippen LogP contribution in [0.5, 0.6) is 0 Å². The Hall–Kier alpha value is -2.47. The molecule has 2 unspecified atom stereocenters. The van der Waals surface area contributed by atoms with Crippen LogP contribution in [-0.2, 0) is 0 Å². The number of rotatable bonds is 4. The molecule has 2 saturated carbocycles. The summed E-state index contributed by atoms with van der Waals surface area (Å²) in [6, 6.07) is 9.52. The molecule has 2 fully saturated rings. The third-order valence-electron chi connectivity index (χ3n) is 6.19. The zero-order valence-corrected chi connectivity index (χ0v) is 15.7. The summed E-state index contributed by atoms with van der Waals surface area (Å²) in [6.07, 6.45) is 3.61. The van der Waals surface area contributed by atoms with Gasteiger partial charge in [0, 0.05) is 35.3 Å². The van der Waals surface area contributed by atoms with Crippen molar-refractivity contribution in [2.24, 2.45) is 17.8 Å². The number of hydrogen-bond acceptors (Lipinski definition) is 2. The molecular formula is C21H18ClF2N3O. The molecule has 2 aliphatic carbocycles. The lowest BCUT2D eigenvalue weighted by atomic mass is 10.1. The zero-order chi connectivity index (χ0) is 19.4. The number of carbonyl (C=O) groups excluding carboxylic acids is 1. The standard InChI is InChI=1S/C21H18ClF2N3O/c22-12-3-1-2-11(4-12)21(28)25-9-16-14-5-13(6-15(14)16)27-10-26-19-7-17(23)18(24)8-20(19)27/h1-4,7-8,10,13-16H,5-6,9H2,(H,25,28)/t13?,14-,15+,16?. The first-order chi connectivity index (χ1) is 13.5. The molecule has 144 valence electrons.